The highest BCUT2D eigenvalue weighted by Crippen LogP contribution is 2.16. The van der Waals surface area contributed by atoms with Crippen LogP contribution in [0.3, 0.4) is 0 Å². The predicted octanol–water partition coefficient (Wildman–Crippen LogP) is 1.00. The molecule has 2 heterocycles. The highest BCUT2D eigenvalue weighted by molar-refractivity contribution is 7.99. The van der Waals surface area contributed by atoms with E-state index in [0.717, 1.165) is 43.2 Å². The van der Waals surface area contributed by atoms with Crippen molar-refractivity contribution in [2.75, 3.05) is 12.8 Å². The van der Waals surface area contributed by atoms with Crippen molar-refractivity contribution in [1.29, 1.82) is 0 Å². The van der Waals surface area contributed by atoms with E-state index in [4.69, 9.17) is 9.90 Å². The number of aryl methyl sites for hydroxylation is 1. The Labute approximate surface area is 133 Å². The number of aromatic nitrogens is 5. The van der Waals surface area contributed by atoms with Crippen LogP contribution in [0.2, 0.25) is 0 Å². The molecule has 0 aliphatic carbocycles. The van der Waals surface area contributed by atoms with E-state index in [9.17, 15) is 0 Å². The van der Waals surface area contributed by atoms with Gasteiger partial charge in [0.1, 0.15) is 5.82 Å². The number of hydrogen-bond donors (Lipinski definition) is 2. The zero-order valence-electron chi connectivity index (χ0n) is 13.1. The molecule has 0 fully saturated rings. The first-order valence-corrected chi connectivity index (χ1v) is 7.85. The van der Waals surface area contributed by atoms with E-state index in [1.54, 1.807) is 18.0 Å². The molecule has 0 aliphatic rings. The number of carboxylic acids is 1. The van der Waals surface area contributed by atoms with Crippen LogP contribution in [0.15, 0.2) is 23.6 Å². The average Bonchev–Trinajstić information content (AvgIpc) is 3.07. The minimum atomic E-state index is -0.833. The van der Waals surface area contributed by atoms with E-state index in [0.29, 0.717) is 0 Å². The summed E-state index contributed by atoms with van der Waals surface area (Å²) in [6.07, 6.45) is 4.86. The Bertz CT molecular complexity index is 551. The molecule has 0 atom stereocenters. The van der Waals surface area contributed by atoms with E-state index in [-0.39, 0.29) is 0 Å². The summed E-state index contributed by atoms with van der Waals surface area (Å²) in [5.41, 5.74) is 0. The number of nitrogens with zero attached hydrogens (tertiary/aromatic N) is 5. The molecule has 0 unspecified atom stereocenters. The fourth-order valence-electron chi connectivity index (χ4n) is 1.61. The van der Waals surface area contributed by atoms with Crippen molar-refractivity contribution in [2.24, 2.45) is 7.05 Å². The zero-order chi connectivity index (χ0) is 16.4. The van der Waals surface area contributed by atoms with Gasteiger partial charge in [0.15, 0.2) is 5.16 Å². The summed E-state index contributed by atoms with van der Waals surface area (Å²) in [4.78, 5) is 9.00. The van der Waals surface area contributed by atoms with Crippen molar-refractivity contribution in [3.63, 3.8) is 0 Å². The Morgan fingerprint density at radius 3 is 2.77 bits per heavy atom. The molecule has 0 bridgehead atoms. The van der Waals surface area contributed by atoms with Gasteiger partial charge >= 0.3 is 0 Å². The number of hydrogen-bond acceptors (Lipinski definition) is 6. The number of nitrogens with one attached hydrogen (secondary N) is 1. The molecule has 0 aliphatic heterocycles. The first kappa shape index (κ1) is 18.2. The lowest BCUT2D eigenvalue weighted by atomic mass is 10.5. The SMILES string of the molecule is CC(=O)O.CNCc1nnc(SCCCn2cccn2)n1C. The fraction of sp³-hybridized carbons (Fsp3) is 0.538. The lowest BCUT2D eigenvalue weighted by Crippen LogP contribution is -2.10. The fourth-order valence-corrected chi connectivity index (χ4v) is 2.46. The van der Waals surface area contributed by atoms with Gasteiger partial charge in [-0.05, 0) is 19.5 Å². The normalized spacial score (nSPS) is 10.1. The molecule has 2 rings (SSSR count). The Balaban J connectivity index is 0.000000541. The molecule has 0 spiro atoms. The van der Waals surface area contributed by atoms with Gasteiger partial charge in [0.2, 0.25) is 0 Å². The quantitative estimate of drug-likeness (QED) is 0.578. The van der Waals surface area contributed by atoms with Crippen molar-refractivity contribution in [3.8, 4) is 0 Å². The number of rotatable bonds is 7. The summed E-state index contributed by atoms with van der Waals surface area (Å²) in [7, 11) is 3.91. The van der Waals surface area contributed by atoms with Crippen LogP contribution in [-0.4, -0.2) is 48.4 Å². The molecule has 9 heteroatoms. The second-order valence-corrected chi connectivity index (χ2v) is 5.54. The molecule has 0 aromatic carbocycles. The predicted molar refractivity (Wildman–Crippen MR) is 84.6 cm³/mol. The van der Waals surface area contributed by atoms with Crippen LogP contribution in [0, 0.1) is 0 Å². The topological polar surface area (TPSA) is 97.9 Å². The summed E-state index contributed by atoms with van der Waals surface area (Å²) in [6.45, 7) is 2.78. The smallest absolute Gasteiger partial charge is 0.300 e. The molecule has 0 saturated carbocycles. The Hall–Kier alpha value is -1.87. The molecular weight excluding hydrogens is 304 g/mol. The average molecular weight is 326 g/mol. The van der Waals surface area contributed by atoms with Crippen LogP contribution in [-0.2, 0) is 24.9 Å². The monoisotopic (exact) mass is 326 g/mol. The van der Waals surface area contributed by atoms with Crippen molar-refractivity contribution in [2.45, 2.75) is 31.6 Å². The summed E-state index contributed by atoms with van der Waals surface area (Å²) in [5.74, 6) is 1.15. The second-order valence-electron chi connectivity index (χ2n) is 4.48. The Morgan fingerprint density at radius 1 is 1.45 bits per heavy atom. The molecule has 0 amide bonds. The van der Waals surface area contributed by atoms with E-state index >= 15 is 0 Å². The number of carbonyl (C=O) groups is 1. The van der Waals surface area contributed by atoms with Gasteiger partial charge in [0.05, 0.1) is 6.54 Å². The van der Waals surface area contributed by atoms with Gasteiger partial charge in [-0.1, -0.05) is 11.8 Å². The van der Waals surface area contributed by atoms with E-state index in [1.165, 1.54) is 0 Å². The Kier molecular flexibility index (Phi) is 8.23. The van der Waals surface area contributed by atoms with Gasteiger partial charge in [-0.25, -0.2) is 0 Å². The maximum absolute atomic E-state index is 9.00. The van der Waals surface area contributed by atoms with E-state index in [2.05, 4.69) is 20.6 Å². The minimum Gasteiger partial charge on any atom is -0.481 e. The first-order chi connectivity index (χ1) is 10.5. The van der Waals surface area contributed by atoms with Crippen LogP contribution in [0.5, 0.6) is 0 Å². The molecule has 22 heavy (non-hydrogen) atoms. The highest BCUT2D eigenvalue weighted by Gasteiger charge is 2.07. The van der Waals surface area contributed by atoms with E-state index < -0.39 is 5.97 Å². The number of aliphatic carboxylic acids is 1. The van der Waals surface area contributed by atoms with Crippen molar-refractivity contribution >= 4 is 17.7 Å². The maximum atomic E-state index is 9.00. The minimum absolute atomic E-state index is 0.747. The van der Waals surface area contributed by atoms with Gasteiger partial charge < -0.3 is 15.0 Å². The highest BCUT2D eigenvalue weighted by atomic mass is 32.2. The van der Waals surface area contributed by atoms with Crippen molar-refractivity contribution in [3.05, 3.63) is 24.3 Å². The van der Waals surface area contributed by atoms with Crippen LogP contribution < -0.4 is 5.32 Å². The largest absolute Gasteiger partial charge is 0.481 e. The van der Waals surface area contributed by atoms with E-state index in [1.807, 2.05) is 35.6 Å². The van der Waals surface area contributed by atoms with Gasteiger partial charge in [0, 0.05) is 38.7 Å². The molecule has 8 nitrogen and oxygen atoms in total. The van der Waals surface area contributed by atoms with Gasteiger partial charge in [-0.2, -0.15) is 5.10 Å². The molecular formula is C13H22N6O2S. The van der Waals surface area contributed by atoms with Gasteiger partial charge in [-0.15, -0.1) is 10.2 Å². The second kappa shape index (κ2) is 9.96. The van der Waals surface area contributed by atoms with Crippen LogP contribution >= 0.6 is 11.8 Å². The third-order valence-corrected chi connectivity index (χ3v) is 3.69. The molecule has 0 saturated heterocycles. The number of thioether (sulfide) groups is 1. The third-order valence-electron chi connectivity index (χ3n) is 2.58. The van der Waals surface area contributed by atoms with Crippen LogP contribution in [0.25, 0.3) is 0 Å². The first-order valence-electron chi connectivity index (χ1n) is 6.87. The molecule has 0 radical (unpaired) electrons. The van der Waals surface area contributed by atoms with Gasteiger partial charge in [-0.3, -0.25) is 9.48 Å². The summed E-state index contributed by atoms with van der Waals surface area (Å²) in [6, 6.07) is 1.94. The molecule has 122 valence electrons. The number of carboxylic acid groups (broad SMARTS) is 1. The molecule has 2 aromatic heterocycles. The molecule has 2 N–H and O–H groups in total. The standard InChI is InChI=1S/C11H18N6S.C2H4O2/c1-12-9-10-14-15-11(16(10)2)18-8-4-7-17-6-3-5-13-17;1-2(3)4/h3,5-6,12H,4,7-9H2,1-2H3;1H3,(H,3,4). The summed E-state index contributed by atoms with van der Waals surface area (Å²) < 4.78 is 3.98. The Morgan fingerprint density at radius 2 is 2.18 bits per heavy atom. The maximum Gasteiger partial charge on any atom is 0.300 e. The van der Waals surface area contributed by atoms with Crippen LogP contribution in [0.1, 0.15) is 19.2 Å². The zero-order valence-corrected chi connectivity index (χ0v) is 13.9. The van der Waals surface area contributed by atoms with Gasteiger partial charge in [0.25, 0.3) is 5.97 Å². The van der Waals surface area contributed by atoms with Crippen LogP contribution in [0.4, 0.5) is 0 Å². The third kappa shape index (κ3) is 6.72. The van der Waals surface area contributed by atoms with Crippen molar-refractivity contribution in [1.82, 2.24) is 29.9 Å². The van der Waals surface area contributed by atoms with Crippen molar-refractivity contribution < 1.29 is 9.90 Å². The molecule has 2 aromatic rings. The summed E-state index contributed by atoms with van der Waals surface area (Å²) >= 11 is 1.74. The lowest BCUT2D eigenvalue weighted by molar-refractivity contribution is -0.134. The lowest BCUT2D eigenvalue weighted by Gasteiger charge is -2.03. The summed E-state index contributed by atoms with van der Waals surface area (Å²) in [5, 5.41) is 24.0.